The third kappa shape index (κ3) is 2.97. The van der Waals surface area contributed by atoms with Crippen LogP contribution < -0.4 is 10.1 Å². The highest BCUT2D eigenvalue weighted by Gasteiger charge is 2.00. The number of benzene rings is 1. The summed E-state index contributed by atoms with van der Waals surface area (Å²) in [6.07, 6.45) is 0. The summed E-state index contributed by atoms with van der Waals surface area (Å²) in [6, 6.07) is 7.49. The average molecular weight is 211 g/mol. The lowest BCUT2D eigenvalue weighted by Gasteiger charge is -2.07. The van der Waals surface area contributed by atoms with Crippen LogP contribution >= 0.6 is 12.2 Å². The van der Waals surface area contributed by atoms with E-state index in [2.05, 4.69) is 5.32 Å². The molecular weight excluding hydrogens is 198 g/mol. The second kappa shape index (κ2) is 5.57. The van der Waals surface area contributed by atoms with Gasteiger partial charge < -0.3 is 15.2 Å². The maximum Gasteiger partial charge on any atom is 0.119 e. The van der Waals surface area contributed by atoms with Crippen molar-refractivity contribution in [2.75, 3.05) is 20.3 Å². The second-order valence-electron chi connectivity index (χ2n) is 2.71. The molecule has 0 aliphatic heterocycles. The first-order valence-electron chi connectivity index (χ1n) is 4.31. The number of methoxy groups -OCH3 is 1. The zero-order chi connectivity index (χ0) is 10.4. The minimum atomic E-state index is 0.0735. The lowest BCUT2D eigenvalue weighted by Crippen LogP contribution is -2.25. The Labute approximate surface area is 88.7 Å². The summed E-state index contributed by atoms with van der Waals surface area (Å²) >= 11 is 5.12. The quantitative estimate of drug-likeness (QED) is 0.728. The Morgan fingerprint density at radius 1 is 1.57 bits per heavy atom. The van der Waals surface area contributed by atoms with Crippen molar-refractivity contribution in [1.82, 2.24) is 5.32 Å². The van der Waals surface area contributed by atoms with Crippen LogP contribution in [0.5, 0.6) is 5.75 Å². The van der Waals surface area contributed by atoms with Crippen molar-refractivity contribution >= 4 is 17.2 Å². The molecular formula is C10H13NO2S. The van der Waals surface area contributed by atoms with Crippen LogP contribution in [0, 0.1) is 0 Å². The Morgan fingerprint density at radius 3 is 3.00 bits per heavy atom. The van der Waals surface area contributed by atoms with Gasteiger partial charge in [-0.05, 0) is 12.1 Å². The number of thiocarbonyl (C=S) groups is 1. The fourth-order valence-corrected chi connectivity index (χ4v) is 1.26. The van der Waals surface area contributed by atoms with Gasteiger partial charge in [0, 0.05) is 12.1 Å². The molecule has 0 amide bonds. The summed E-state index contributed by atoms with van der Waals surface area (Å²) in [5, 5.41) is 11.5. The molecule has 0 heterocycles. The molecule has 76 valence electrons. The first kappa shape index (κ1) is 10.9. The molecule has 0 radical (unpaired) electrons. The Balaban J connectivity index is 2.69. The third-order valence-corrected chi connectivity index (χ3v) is 2.11. The summed E-state index contributed by atoms with van der Waals surface area (Å²) in [4.78, 5) is 0.623. The molecule has 0 saturated heterocycles. The van der Waals surface area contributed by atoms with Gasteiger partial charge in [-0.2, -0.15) is 0 Å². The molecule has 4 heteroatoms. The van der Waals surface area contributed by atoms with Crippen molar-refractivity contribution in [3.05, 3.63) is 29.8 Å². The van der Waals surface area contributed by atoms with Crippen molar-refractivity contribution in [1.29, 1.82) is 0 Å². The van der Waals surface area contributed by atoms with E-state index in [0.717, 1.165) is 11.3 Å². The first-order chi connectivity index (χ1) is 6.77. The van der Waals surface area contributed by atoms with Crippen LogP contribution in [0.25, 0.3) is 0 Å². The van der Waals surface area contributed by atoms with Crippen LogP contribution in [0.4, 0.5) is 0 Å². The molecule has 0 aromatic heterocycles. The largest absolute Gasteiger partial charge is 0.497 e. The molecule has 0 bridgehead atoms. The highest BCUT2D eigenvalue weighted by atomic mass is 32.1. The smallest absolute Gasteiger partial charge is 0.119 e. The zero-order valence-corrected chi connectivity index (χ0v) is 8.80. The van der Waals surface area contributed by atoms with Crippen LogP contribution in [0.3, 0.4) is 0 Å². The lowest BCUT2D eigenvalue weighted by atomic mass is 10.2. The average Bonchev–Trinajstić information content (AvgIpc) is 2.26. The molecule has 14 heavy (non-hydrogen) atoms. The Morgan fingerprint density at radius 2 is 2.36 bits per heavy atom. The van der Waals surface area contributed by atoms with Gasteiger partial charge >= 0.3 is 0 Å². The number of nitrogens with one attached hydrogen (secondary N) is 1. The standard InChI is InChI=1S/C10H13NO2S/c1-13-9-4-2-3-8(7-9)10(14)11-5-6-12/h2-4,7,12H,5-6H2,1H3,(H,11,14). The van der Waals surface area contributed by atoms with Crippen LogP contribution in [0.2, 0.25) is 0 Å². The lowest BCUT2D eigenvalue weighted by molar-refractivity contribution is 0.301. The van der Waals surface area contributed by atoms with Gasteiger partial charge in [0.2, 0.25) is 0 Å². The SMILES string of the molecule is COc1cccc(C(=S)NCCO)c1. The zero-order valence-electron chi connectivity index (χ0n) is 7.99. The van der Waals surface area contributed by atoms with E-state index in [4.69, 9.17) is 22.1 Å². The van der Waals surface area contributed by atoms with Crippen LogP contribution in [-0.2, 0) is 0 Å². The van der Waals surface area contributed by atoms with E-state index in [0.29, 0.717) is 11.5 Å². The van der Waals surface area contributed by atoms with E-state index >= 15 is 0 Å². The predicted molar refractivity (Wildman–Crippen MR) is 59.8 cm³/mol. The topological polar surface area (TPSA) is 41.5 Å². The van der Waals surface area contributed by atoms with Crippen molar-refractivity contribution in [3.63, 3.8) is 0 Å². The number of hydrogen-bond acceptors (Lipinski definition) is 3. The van der Waals surface area contributed by atoms with E-state index in [1.807, 2.05) is 24.3 Å². The van der Waals surface area contributed by atoms with Crippen molar-refractivity contribution in [3.8, 4) is 5.75 Å². The van der Waals surface area contributed by atoms with Gasteiger partial charge in [0.1, 0.15) is 10.7 Å². The third-order valence-electron chi connectivity index (χ3n) is 1.73. The minimum Gasteiger partial charge on any atom is -0.497 e. The molecule has 1 aromatic carbocycles. The Bertz CT molecular complexity index is 315. The minimum absolute atomic E-state index is 0.0735. The molecule has 3 nitrogen and oxygen atoms in total. The highest BCUT2D eigenvalue weighted by Crippen LogP contribution is 2.12. The summed E-state index contributed by atoms with van der Waals surface area (Å²) in [5.74, 6) is 0.774. The molecule has 0 atom stereocenters. The van der Waals surface area contributed by atoms with Gasteiger partial charge in [-0.15, -0.1) is 0 Å². The maximum atomic E-state index is 8.62. The van der Waals surface area contributed by atoms with Crippen LogP contribution in [0.1, 0.15) is 5.56 Å². The summed E-state index contributed by atoms with van der Waals surface area (Å²) in [7, 11) is 1.61. The maximum absolute atomic E-state index is 8.62. The van der Waals surface area contributed by atoms with Gasteiger partial charge in [0.15, 0.2) is 0 Å². The van der Waals surface area contributed by atoms with Gasteiger partial charge in [-0.1, -0.05) is 24.4 Å². The van der Waals surface area contributed by atoms with Crippen molar-refractivity contribution < 1.29 is 9.84 Å². The molecule has 2 N–H and O–H groups in total. The fraction of sp³-hybridized carbons (Fsp3) is 0.300. The highest BCUT2D eigenvalue weighted by molar-refractivity contribution is 7.80. The normalized spacial score (nSPS) is 9.57. The number of ether oxygens (including phenoxy) is 1. The van der Waals surface area contributed by atoms with Gasteiger partial charge in [0.05, 0.1) is 13.7 Å². The summed E-state index contributed by atoms with van der Waals surface area (Å²) < 4.78 is 5.07. The monoisotopic (exact) mass is 211 g/mol. The van der Waals surface area contributed by atoms with E-state index < -0.39 is 0 Å². The first-order valence-corrected chi connectivity index (χ1v) is 4.72. The molecule has 0 spiro atoms. The fourth-order valence-electron chi connectivity index (χ4n) is 1.04. The Kier molecular flexibility index (Phi) is 4.35. The molecule has 0 aliphatic carbocycles. The van der Waals surface area contributed by atoms with Crippen molar-refractivity contribution in [2.24, 2.45) is 0 Å². The molecule has 0 unspecified atom stereocenters. The van der Waals surface area contributed by atoms with E-state index in [9.17, 15) is 0 Å². The summed E-state index contributed by atoms with van der Waals surface area (Å²) in [5.41, 5.74) is 0.896. The van der Waals surface area contributed by atoms with Crippen LogP contribution in [0.15, 0.2) is 24.3 Å². The number of rotatable bonds is 4. The van der Waals surface area contributed by atoms with Crippen molar-refractivity contribution in [2.45, 2.75) is 0 Å². The number of aliphatic hydroxyl groups is 1. The van der Waals surface area contributed by atoms with Gasteiger partial charge in [-0.25, -0.2) is 0 Å². The summed E-state index contributed by atoms with van der Waals surface area (Å²) in [6.45, 7) is 0.542. The van der Waals surface area contributed by atoms with E-state index in [1.165, 1.54) is 0 Å². The molecule has 0 aliphatic rings. The number of aliphatic hydroxyl groups excluding tert-OH is 1. The van der Waals surface area contributed by atoms with E-state index in [1.54, 1.807) is 7.11 Å². The van der Waals surface area contributed by atoms with Crippen LogP contribution in [-0.4, -0.2) is 30.4 Å². The van der Waals surface area contributed by atoms with Gasteiger partial charge in [0.25, 0.3) is 0 Å². The predicted octanol–water partition coefficient (Wildman–Crippen LogP) is 0.953. The van der Waals surface area contributed by atoms with Gasteiger partial charge in [-0.3, -0.25) is 0 Å². The second-order valence-corrected chi connectivity index (χ2v) is 3.12. The molecule has 1 aromatic rings. The molecule has 1 rings (SSSR count). The Hall–Kier alpha value is -1.13. The number of hydrogen-bond donors (Lipinski definition) is 2. The van der Waals surface area contributed by atoms with E-state index in [-0.39, 0.29) is 6.61 Å². The molecule has 0 saturated carbocycles. The molecule has 0 fully saturated rings.